The van der Waals surface area contributed by atoms with Gasteiger partial charge in [0.05, 0.1) is 22.1 Å². The molecule has 6 nitrogen and oxygen atoms in total. The molecule has 0 atom stereocenters. The third kappa shape index (κ3) is 10.6. The molecule has 12 heteroatoms. The molecule has 98 heavy (non-hydrogen) atoms. The molecule has 0 aliphatic rings. The van der Waals surface area contributed by atoms with E-state index in [-0.39, 0.29) is 0 Å². The molecule has 0 saturated heterocycles. The predicted molar refractivity (Wildman–Crippen MR) is 427 cm³/mol. The first-order valence-electron chi connectivity index (χ1n) is 32.1. The maximum absolute atomic E-state index is 9.38. The third-order valence-corrected chi connectivity index (χ3v) is 23.4. The Balaban J connectivity index is 0.000000134. The van der Waals surface area contributed by atoms with Gasteiger partial charge in [0.2, 0.25) is 0 Å². The van der Waals surface area contributed by atoms with Crippen LogP contribution >= 0.6 is 65.9 Å². The summed E-state index contributed by atoms with van der Waals surface area (Å²) < 4.78 is 9.90. The van der Waals surface area contributed by atoms with Gasteiger partial charge in [0, 0.05) is 116 Å². The normalized spacial score (nSPS) is 11.7. The summed E-state index contributed by atoms with van der Waals surface area (Å²) >= 11 is 12.6. The lowest BCUT2D eigenvalue weighted by Gasteiger charge is -2.13. The number of halogens is 2. The lowest BCUT2D eigenvalue weighted by atomic mass is 9.79. The van der Waals surface area contributed by atoms with E-state index >= 15 is 0 Å². The summed E-state index contributed by atoms with van der Waals surface area (Å²) in [6, 6.07) is 97.0. The number of hydrogen-bond donors (Lipinski definition) is 2. The van der Waals surface area contributed by atoms with Crippen LogP contribution in [0.4, 0.5) is 0 Å². The van der Waals surface area contributed by atoms with Crippen LogP contribution < -0.4 is 5.46 Å². The molecule has 20 rings (SSSR count). The first-order chi connectivity index (χ1) is 48.2. The second-order valence-corrected chi connectivity index (χ2v) is 29.4. The fourth-order valence-electron chi connectivity index (χ4n) is 14.2. The number of aromatic nitrogens is 4. The molecule has 5 heterocycles. The van der Waals surface area contributed by atoms with Gasteiger partial charge < -0.3 is 10.0 Å². The van der Waals surface area contributed by atoms with Crippen LogP contribution in [0.5, 0.6) is 0 Å². The molecular formula is C86H51BBr2N4O2S3. The van der Waals surface area contributed by atoms with E-state index in [1.54, 1.807) is 29.8 Å². The zero-order chi connectivity index (χ0) is 65.5. The molecule has 0 fully saturated rings. The molecule has 0 radical (unpaired) electrons. The highest BCUT2D eigenvalue weighted by Crippen LogP contribution is 2.46. The zero-order valence-electron chi connectivity index (χ0n) is 52.0. The second-order valence-electron chi connectivity index (χ2n) is 24.4. The van der Waals surface area contributed by atoms with Crippen molar-refractivity contribution in [2.24, 2.45) is 0 Å². The first-order valence-corrected chi connectivity index (χ1v) is 36.2. The maximum Gasteiger partial charge on any atom is 0.488 e. The van der Waals surface area contributed by atoms with Crippen LogP contribution in [-0.2, 0) is 0 Å². The highest BCUT2D eigenvalue weighted by molar-refractivity contribution is 9.10. The first kappa shape index (κ1) is 60.1. The largest absolute Gasteiger partial charge is 0.488 e. The number of fused-ring (bicyclic) bond motifs is 21. The molecule has 0 aliphatic carbocycles. The molecule has 20 aromatic rings. The van der Waals surface area contributed by atoms with E-state index in [4.69, 9.17) is 9.97 Å². The fraction of sp³-hybridized carbons (Fsp3) is 0. The molecule has 5 aromatic heterocycles. The van der Waals surface area contributed by atoms with Crippen molar-refractivity contribution >= 4 is 204 Å². The number of rotatable bonds is 6. The average Bonchev–Trinajstić information content (AvgIpc) is 1.28. The minimum absolute atomic E-state index is 0.510. The topological polar surface area (TPSA) is 92.0 Å². The SMILES string of the molecule is Brc1ccc2c3ccc(Br)cc3c3nccnc3c2c1.OB(O)c1cccc(-c2cccc3c2sc2ccccc23)c1.c1cc(-c2ccc3c4ccc(-c5cccc(-c6cccc7c6sc6ccccc67)c5)cc4c4nccnc4c3c2)cc(-c2cccc3c2sc2ccccc23)c1. The lowest BCUT2D eigenvalue weighted by Crippen LogP contribution is -2.29. The van der Waals surface area contributed by atoms with Gasteiger partial charge in [-0.05, 0) is 149 Å². The van der Waals surface area contributed by atoms with Crippen LogP contribution in [0.25, 0.3) is 181 Å². The molecule has 0 spiro atoms. The standard InChI is InChI=1S/C52H30N2S2.C18H13BO2S.C16H8Br2N2/c1-3-19-47-41(13-1)43-17-7-15-37(51(43)55-47)35-11-5-9-31(27-35)33-21-23-39-40-24-22-34(30-46(40)50-49(45(39)29-33)53-25-26-54-50)32-10-6-12-36(28-32)38-16-8-18-44-42-14-2-4-20-48(42)56-52(38)44;20-19(21)13-6-3-5-12(11-13)14-8-4-9-16-15-7-1-2-10-17(15)22-18(14)16;17-9-1-3-11-12-4-2-10(18)8-14(12)16-15(13(11)7-9)19-5-6-20-16/h1-30H;1-11,20-21H;1-8H. The summed E-state index contributed by atoms with van der Waals surface area (Å²) in [5.74, 6) is 0. The summed E-state index contributed by atoms with van der Waals surface area (Å²) in [5, 5.41) is 35.8. The van der Waals surface area contributed by atoms with Crippen LogP contribution in [0.1, 0.15) is 0 Å². The molecule has 0 unspecified atom stereocenters. The summed E-state index contributed by atoms with van der Waals surface area (Å²) in [7, 11) is -1.44. The lowest BCUT2D eigenvalue weighted by molar-refractivity contribution is 0.426. The number of thiophene rings is 3. The number of hydrogen-bond acceptors (Lipinski definition) is 9. The predicted octanol–water partition coefficient (Wildman–Crippen LogP) is 24.2. The van der Waals surface area contributed by atoms with E-state index in [2.05, 4.69) is 291 Å². The fourth-order valence-corrected chi connectivity index (χ4v) is 18.6. The van der Waals surface area contributed by atoms with E-state index in [0.29, 0.717) is 5.46 Å². The molecule has 0 bridgehead atoms. The van der Waals surface area contributed by atoms with Crippen LogP contribution in [0.2, 0.25) is 0 Å². The Morgan fingerprint density at radius 1 is 0.245 bits per heavy atom. The minimum Gasteiger partial charge on any atom is -0.423 e. The van der Waals surface area contributed by atoms with Gasteiger partial charge in [0.25, 0.3) is 0 Å². The summed E-state index contributed by atoms with van der Waals surface area (Å²) in [6.07, 6.45) is 7.11. The Labute approximate surface area is 591 Å². The molecule has 0 saturated carbocycles. The van der Waals surface area contributed by atoms with Crippen molar-refractivity contribution in [2.75, 3.05) is 0 Å². The zero-order valence-corrected chi connectivity index (χ0v) is 57.7. The van der Waals surface area contributed by atoms with Crippen molar-refractivity contribution in [1.29, 1.82) is 0 Å². The molecular weight excluding hydrogens is 1390 g/mol. The summed E-state index contributed by atoms with van der Waals surface area (Å²) in [4.78, 5) is 19.0. The Bertz CT molecular complexity index is 6270. The van der Waals surface area contributed by atoms with Gasteiger partial charge in [-0.25, -0.2) is 0 Å². The van der Waals surface area contributed by atoms with Gasteiger partial charge in [-0.15, -0.1) is 34.0 Å². The van der Waals surface area contributed by atoms with E-state index in [1.807, 2.05) is 53.3 Å². The van der Waals surface area contributed by atoms with E-state index in [0.717, 1.165) is 74.8 Å². The van der Waals surface area contributed by atoms with E-state index in [9.17, 15) is 10.0 Å². The van der Waals surface area contributed by atoms with E-state index in [1.165, 1.54) is 115 Å². The van der Waals surface area contributed by atoms with E-state index < -0.39 is 7.12 Å². The highest BCUT2D eigenvalue weighted by atomic mass is 79.9. The van der Waals surface area contributed by atoms with Gasteiger partial charge in [-0.1, -0.05) is 238 Å². The summed E-state index contributed by atoms with van der Waals surface area (Å²) in [6.45, 7) is 0. The van der Waals surface area contributed by atoms with Crippen LogP contribution in [0, 0.1) is 0 Å². The van der Waals surface area contributed by atoms with Crippen molar-refractivity contribution in [3.8, 4) is 55.6 Å². The molecule has 462 valence electrons. The van der Waals surface area contributed by atoms with Gasteiger partial charge in [-0.2, -0.15) is 0 Å². The maximum atomic E-state index is 9.38. The second kappa shape index (κ2) is 24.9. The van der Waals surface area contributed by atoms with Gasteiger partial charge in [-0.3, -0.25) is 19.9 Å². The summed E-state index contributed by atoms with van der Waals surface area (Å²) in [5.41, 5.74) is 16.0. The van der Waals surface area contributed by atoms with Crippen molar-refractivity contribution in [3.63, 3.8) is 0 Å². The molecule has 0 aliphatic heterocycles. The van der Waals surface area contributed by atoms with Gasteiger partial charge in [0.15, 0.2) is 0 Å². The highest BCUT2D eigenvalue weighted by Gasteiger charge is 2.19. The van der Waals surface area contributed by atoms with Crippen LogP contribution in [-0.4, -0.2) is 37.1 Å². The molecule has 0 amide bonds. The molecule has 2 N–H and O–H groups in total. The monoisotopic (exact) mass is 1440 g/mol. The van der Waals surface area contributed by atoms with Crippen LogP contribution in [0.3, 0.4) is 0 Å². The van der Waals surface area contributed by atoms with Gasteiger partial charge >= 0.3 is 7.12 Å². The van der Waals surface area contributed by atoms with Gasteiger partial charge in [0.1, 0.15) is 0 Å². The van der Waals surface area contributed by atoms with Crippen molar-refractivity contribution in [3.05, 3.63) is 307 Å². The molecule has 15 aromatic carbocycles. The Morgan fingerprint density at radius 3 is 0.939 bits per heavy atom. The minimum atomic E-state index is -1.44. The Hall–Kier alpha value is -10.4. The number of nitrogens with zero attached hydrogens (tertiary/aromatic N) is 4. The Kier molecular flexibility index (Phi) is 15.3. The van der Waals surface area contributed by atoms with Crippen LogP contribution in [0.15, 0.2) is 307 Å². The smallest absolute Gasteiger partial charge is 0.423 e. The quantitative estimate of drug-likeness (QED) is 0.127. The third-order valence-electron chi connectivity index (χ3n) is 18.7. The van der Waals surface area contributed by atoms with Crippen molar-refractivity contribution < 1.29 is 10.0 Å². The Morgan fingerprint density at radius 2 is 0.551 bits per heavy atom. The average molecular weight is 1440 g/mol. The van der Waals surface area contributed by atoms with Crippen molar-refractivity contribution in [1.82, 2.24) is 19.9 Å². The van der Waals surface area contributed by atoms with Crippen molar-refractivity contribution in [2.45, 2.75) is 0 Å². The number of benzene rings is 15.